The molecule has 0 fully saturated rings. The summed E-state index contributed by atoms with van der Waals surface area (Å²) in [4.78, 5) is 4.49. The van der Waals surface area contributed by atoms with E-state index < -0.39 is 0 Å². The van der Waals surface area contributed by atoms with Crippen molar-refractivity contribution in [3.63, 3.8) is 0 Å². The van der Waals surface area contributed by atoms with Gasteiger partial charge in [0, 0.05) is 9.78 Å². The molecule has 3 heteroatoms. The first-order valence-electron chi connectivity index (χ1n) is 5.23. The Balaban J connectivity index is 2.33. The Morgan fingerprint density at radius 1 is 1.06 bits per heavy atom. The molecule has 0 aliphatic rings. The third-order valence-corrected chi connectivity index (χ3v) is 3.18. The summed E-state index contributed by atoms with van der Waals surface area (Å²) in [6.45, 7) is 0. The van der Waals surface area contributed by atoms with Gasteiger partial charge in [-0.05, 0) is 40.3 Å². The molecule has 86 valence electrons. The lowest BCUT2D eigenvalue weighted by Gasteiger charge is -2.05. The highest BCUT2D eigenvalue weighted by Crippen LogP contribution is 2.32. The molecule has 0 saturated carbocycles. The zero-order valence-corrected chi connectivity index (χ0v) is 11.6. The first kappa shape index (κ1) is 12.1. The van der Waals surface area contributed by atoms with Gasteiger partial charge in [0.2, 0.25) is 0 Å². The lowest BCUT2D eigenvalue weighted by atomic mass is 10.2. The summed E-state index contributed by atoms with van der Waals surface area (Å²) in [5.41, 5.74) is 1.95. The summed E-state index contributed by atoms with van der Waals surface area (Å²) in [6.07, 6.45) is 1.85. The maximum atomic E-state index is 5.30. The van der Waals surface area contributed by atoms with Crippen LogP contribution in [0.4, 0.5) is 5.69 Å². The van der Waals surface area contributed by atoms with Crippen LogP contribution < -0.4 is 4.74 Å². The molecular weight excluding hydrogens is 325 g/mol. The van der Waals surface area contributed by atoms with Crippen LogP contribution >= 0.6 is 22.6 Å². The molecule has 0 aromatic heterocycles. The first-order chi connectivity index (χ1) is 8.31. The second kappa shape index (κ2) is 5.82. The van der Waals surface area contributed by atoms with E-state index in [-0.39, 0.29) is 0 Å². The average molecular weight is 337 g/mol. The van der Waals surface area contributed by atoms with E-state index in [1.54, 1.807) is 7.11 Å². The molecule has 0 bridgehead atoms. The van der Waals surface area contributed by atoms with Crippen LogP contribution in [0, 0.1) is 3.57 Å². The minimum Gasteiger partial charge on any atom is -0.494 e. The average Bonchev–Trinajstić information content (AvgIpc) is 2.38. The van der Waals surface area contributed by atoms with Gasteiger partial charge in [-0.15, -0.1) is 0 Å². The van der Waals surface area contributed by atoms with Crippen LogP contribution in [0.5, 0.6) is 5.75 Å². The van der Waals surface area contributed by atoms with Crippen molar-refractivity contribution in [2.45, 2.75) is 0 Å². The fraction of sp³-hybridized carbons (Fsp3) is 0.0714. The maximum Gasteiger partial charge on any atom is 0.145 e. The number of aliphatic imine (C=N–C) groups is 1. The van der Waals surface area contributed by atoms with Gasteiger partial charge in [-0.1, -0.05) is 36.4 Å². The van der Waals surface area contributed by atoms with E-state index in [1.807, 2.05) is 54.7 Å². The van der Waals surface area contributed by atoms with Gasteiger partial charge in [0.05, 0.1) is 7.11 Å². The van der Waals surface area contributed by atoms with Gasteiger partial charge in [-0.25, -0.2) is 0 Å². The summed E-state index contributed by atoms with van der Waals surface area (Å²) in [6, 6.07) is 15.9. The van der Waals surface area contributed by atoms with Gasteiger partial charge in [-0.2, -0.15) is 0 Å². The first-order valence-corrected chi connectivity index (χ1v) is 6.31. The quantitative estimate of drug-likeness (QED) is 0.612. The molecule has 0 aliphatic heterocycles. The zero-order chi connectivity index (χ0) is 12.1. The van der Waals surface area contributed by atoms with Crippen molar-refractivity contribution in [3.8, 4) is 5.75 Å². The third-order valence-electron chi connectivity index (χ3n) is 2.31. The van der Waals surface area contributed by atoms with Crippen LogP contribution in [-0.2, 0) is 0 Å². The molecule has 2 rings (SSSR count). The van der Waals surface area contributed by atoms with E-state index in [4.69, 9.17) is 4.74 Å². The summed E-state index contributed by atoms with van der Waals surface area (Å²) in [5, 5.41) is 0. The van der Waals surface area contributed by atoms with Crippen LogP contribution in [0.25, 0.3) is 0 Å². The number of ether oxygens (including phenoxy) is 1. The Bertz CT molecular complexity index is 523. The topological polar surface area (TPSA) is 21.6 Å². The van der Waals surface area contributed by atoms with Crippen molar-refractivity contribution in [1.82, 2.24) is 0 Å². The van der Waals surface area contributed by atoms with E-state index in [0.717, 1.165) is 20.6 Å². The fourth-order valence-electron chi connectivity index (χ4n) is 1.46. The molecule has 2 nitrogen and oxygen atoms in total. The summed E-state index contributed by atoms with van der Waals surface area (Å²) >= 11 is 2.26. The van der Waals surface area contributed by atoms with E-state index in [0.29, 0.717) is 0 Å². The van der Waals surface area contributed by atoms with Gasteiger partial charge >= 0.3 is 0 Å². The van der Waals surface area contributed by atoms with Crippen molar-refractivity contribution in [2.75, 3.05) is 7.11 Å². The van der Waals surface area contributed by atoms with Crippen LogP contribution in [0.3, 0.4) is 0 Å². The van der Waals surface area contributed by atoms with Gasteiger partial charge < -0.3 is 4.74 Å². The molecule has 2 aromatic rings. The largest absolute Gasteiger partial charge is 0.494 e. The van der Waals surface area contributed by atoms with Crippen molar-refractivity contribution in [3.05, 3.63) is 57.7 Å². The highest BCUT2D eigenvalue weighted by molar-refractivity contribution is 14.1. The number of rotatable bonds is 3. The SMILES string of the molecule is COc1cccc(I)c1N=Cc1ccccc1. The number of benzene rings is 2. The van der Waals surface area contributed by atoms with E-state index in [2.05, 4.69) is 27.6 Å². The predicted octanol–water partition coefficient (Wildman–Crippen LogP) is 4.05. The molecule has 0 amide bonds. The maximum absolute atomic E-state index is 5.30. The Kier molecular flexibility index (Phi) is 4.14. The Morgan fingerprint density at radius 3 is 2.53 bits per heavy atom. The second-order valence-corrected chi connectivity index (χ2v) is 4.62. The standard InChI is InChI=1S/C14H12INO/c1-17-13-9-5-8-12(15)14(13)16-10-11-6-3-2-4-7-11/h2-10H,1H3. The normalized spacial score (nSPS) is 10.7. The van der Waals surface area contributed by atoms with Gasteiger partial charge in [0.1, 0.15) is 11.4 Å². The number of halogens is 1. The third kappa shape index (κ3) is 3.06. The lowest BCUT2D eigenvalue weighted by molar-refractivity contribution is 0.416. The van der Waals surface area contributed by atoms with E-state index in [9.17, 15) is 0 Å². The molecular formula is C14H12INO. The molecule has 0 atom stereocenters. The van der Waals surface area contributed by atoms with Crippen molar-refractivity contribution >= 4 is 34.5 Å². The fourth-order valence-corrected chi connectivity index (χ4v) is 2.08. The van der Waals surface area contributed by atoms with Crippen LogP contribution in [0.1, 0.15) is 5.56 Å². The summed E-state index contributed by atoms with van der Waals surface area (Å²) in [7, 11) is 1.66. The van der Waals surface area contributed by atoms with Crippen molar-refractivity contribution in [2.24, 2.45) is 4.99 Å². The van der Waals surface area contributed by atoms with Crippen molar-refractivity contribution < 1.29 is 4.74 Å². The minimum absolute atomic E-state index is 0.795. The monoisotopic (exact) mass is 337 g/mol. The molecule has 0 spiro atoms. The van der Waals surface area contributed by atoms with Gasteiger partial charge in [0.15, 0.2) is 0 Å². The predicted molar refractivity (Wildman–Crippen MR) is 79.4 cm³/mol. The minimum atomic E-state index is 0.795. The van der Waals surface area contributed by atoms with Gasteiger partial charge in [-0.3, -0.25) is 4.99 Å². The van der Waals surface area contributed by atoms with Crippen LogP contribution in [0.2, 0.25) is 0 Å². The molecule has 0 heterocycles. The van der Waals surface area contributed by atoms with E-state index in [1.165, 1.54) is 0 Å². The van der Waals surface area contributed by atoms with E-state index >= 15 is 0 Å². The molecule has 0 unspecified atom stereocenters. The number of para-hydroxylation sites is 1. The molecule has 2 aromatic carbocycles. The molecule has 0 N–H and O–H groups in total. The van der Waals surface area contributed by atoms with Gasteiger partial charge in [0.25, 0.3) is 0 Å². The Hall–Kier alpha value is -1.36. The second-order valence-electron chi connectivity index (χ2n) is 3.46. The Morgan fingerprint density at radius 2 is 1.82 bits per heavy atom. The van der Waals surface area contributed by atoms with Crippen LogP contribution in [-0.4, -0.2) is 13.3 Å². The highest BCUT2D eigenvalue weighted by atomic mass is 127. The number of methoxy groups -OCH3 is 1. The van der Waals surface area contributed by atoms with Crippen LogP contribution in [0.15, 0.2) is 53.5 Å². The molecule has 17 heavy (non-hydrogen) atoms. The number of hydrogen-bond acceptors (Lipinski definition) is 2. The highest BCUT2D eigenvalue weighted by Gasteiger charge is 2.04. The van der Waals surface area contributed by atoms with Crippen molar-refractivity contribution in [1.29, 1.82) is 0 Å². The summed E-state index contributed by atoms with van der Waals surface area (Å²) in [5.74, 6) is 0.795. The molecule has 0 radical (unpaired) electrons. The molecule has 0 saturated heterocycles. The number of nitrogens with zero attached hydrogens (tertiary/aromatic N) is 1. The Labute approximate surface area is 114 Å². The zero-order valence-electron chi connectivity index (χ0n) is 9.43. The lowest BCUT2D eigenvalue weighted by Crippen LogP contribution is -1.86. The number of hydrogen-bond donors (Lipinski definition) is 0. The summed E-state index contributed by atoms with van der Waals surface area (Å²) < 4.78 is 6.37. The smallest absolute Gasteiger partial charge is 0.145 e. The molecule has 0 aliphatic carbocycles.